The van der Waals surface area contributed by atoms with Gasteiger partial charge in [-0.2, -0.15) is 0 Å². The molecule has 3 nitrogen and oxygen atoms in total. The molecule has 1 aromatic carbocycles. The first-order valence-corrected chi connectivity index (χ1v) is 6.35. The zero-order valence-corrected chi connectivity index (χ0v) is 10.5. The number of carbonyl (C=O) groups is 1. The third-order valence-corrected chi connectivity index (χ3v) is 4.00. The Labute approximate surface area is 101 Å². The van der Waals surface area contributed by atoms with Gasteiger partial charge in [0, 0.05) is 16.3 Å². The van der Waals surface area contributed by atoms with Crippen molar-refractivity contribution in [2.45, 2.75) is 25.2 Å². The fourth-order valence-corrected chi connectivity index (χ4v) is 2.50. The van der Waals surface area contributed by atoms with Crippen LogP contribution in [0.1, 0.15) is 30.6 Å². The molecule has 0 aromatic heterocycles. The van der Waals surface area contributed by atoms with E-state index < -0.39 is 5.91 Å². The first-order valence-electron chi connectivity index (χ1n) is 5.37. The van der Waals surface area contributed by atoms with Crippen LogP contribution in [0.3, 0.4) is 0 Å². The number of nitrogens with two attached hydrogens (primary N) is 2. The minimum atomic E-state index is -0.418. The average molecular weight is 238 g/mol. The number of primary amides is 1. The summed E-state index contributed by atoms with van der Waals surface area (Å²) in [5.74, 6) is 1.13. The number of benzene rings is 1. The molecule has 4 heteroatoms. The summed E-state index contributed by atoms with van der Waals surface area (Å²) >= 11 is 1.61. The van der Waals surface area contributed by atoms with Crippen molar-refractivity contribution in [2.24, 2.45) is 11.7 Å². The third kappa shape index (κ3) is 3.17. The molecular weight excluding hydrogens is 220 g/mol. The van der Waals surface area contributed by atoms with Gasteiger partial charge >= 0.3 is 0 Å². The van der Waals surface area contributed by atoms with Crippen LogP contribution in [0.4, 0.5) is 5.69 Å². The lowest BCUT2D eigenvalue weighted by atomic mass is 10.2. The standard InChI is InChI=1S/C12H18N2OS/c1-3-8(2)7-16-11-9(12(14)15)5-4-6-10(11)13/h4-6,8H,3,7,13H2,1-2H3,(H2,14,15). The highest BCUT2D eigenvalue weighted by Crippen LogP contribution is 2.30. The molecule has 0 aliphatic rings. The van der Waals surface area contributed by atoms with Crippen molar-refractivity contribution in [1.82, 2.24) is 0 Å². The van der Waals surface area contributed by atoms with Crippen molar-refractivity contribution in [2.75, 3.05) is 11.5 Å². The van der Waals surface area contributed by atoms with E-state index in [1.807, 2.05) is 0 Å². The number of anilines is 1. The van der Waals surface area contributed by atoms with Gasteiger partial charge in [0.2, 0.25) is 5.91 Å². The normalized spacial score (nSPS) is 12.4. The Kier molecular flexibility index (Phi) is 4.68. The van der Waals surface area contributed by atoms with Crippen LogP contribution in [-0.4, -0.2) is 11.7 Å². The summed E-state index contributed by atoms with van der Waals surface area (Å²) in [4.78, 5) is 12.1. The quantitative estimate of drug-likeness (QED) is 0.611. The van der Waals surface area contributed by atoms with Crippen molar-refractivity contribution < 1.29 is 4.79 Å². The summed E-state index contributed by atoms with van der Waals surface area (Å²) in [6, 6.07) is 5.27. The smallest absolute Gasteiger partial charge is 0.249 e. The molecule has 0 fully saturated rings. The van der Waals surface area contributed by atoms with Gasteiger partial charge in [0.1, 0.15) is 0 Å². The van der Waals surface area contributed by atoms with Gasteiger partial charge in [0.05, 0.1) is 5.56 Å². The second-order valence-electron chi connectivity index (χ2n) is 3.91. The Balaban J connectivity index is 2.88. The van der Waals surface area contributed by atoms with E-state index in [0.29, 0.717) is 17.2 Å². The summed E-state index contributed by atoms with van der Waals surface area (Å²) in [5.41, 5.74) is 12.3. The molecule has 1 atom stereocenters. The van der Waals surface area contributed by atoms with E-state index in [9.17, 15) is 4.79 Å². The predicted molar refractivity (Wildman–Crippen MR) is 69.6 cm³/mol. The second-order valence-corrected chi connectivity index (χ2v) is 4.94. The molecule has 0 saturated carbocycles. The van der Waals surface area contributed by atoms with Gasteiger partial charge in [-0.15, -0.1) is 11.8 Å². The summed E-state index contributed by atoms with van der Waals surface area (Å²) in [5, 5.41) is 0. The lowest BCUT2D eigenvalue weighted by Gasteiger charge is -2.12. The molecule has 0 aliphatic carbocycles. The average Bonchev–Trinajstić information content (AvgIpc) is 2.26. The van der Waals surface area contributed by atoms with E-state index in [4.69, 9.17) is 11.5 Å². The van der Waals surface area contributed by atoms with Gasteiger partial charge in [-0.05, 0) is 18.1 Å². The van der Waals surface area contributed by atoms with Crippen LogP contribution in [0.15, 0.2) is 23.1 Å². The number of hydrogen-bond acceptors (Lipinski definition) is 3. The fourth-order valence-electron chi connectivity index (χ4n) is 1.25. The topological polar surface area (TPSA) is 69.1 Å². The summed E-state index contributed by atoms with van der Waals surface area (Å²) in [7, 11) is 0. The number of amides is 1. The maximum atomic E-state index is 11.2. The monoisotopic (exact) mass is 238 g/mol. The minimum Gasteiger partial charge on any atom is -0.398 e. The number of carbonyl (C=O) groups excluding carboxylic acids is 1. The molecule has 0 radical (unpaired) electrons. The molecule has 1 unspecified atom stereocenters. The van der Waals surface area contributed by atoms with Crippen LogP contribution in [0.25, 0.3) is 0 Å². The highest BCUT2D eigenvalue weighted by atomic mass is 32.2. The molecule has 0 spiro atoms. The lowest BCUT2D eigenvalue weighted by Crippen LogP contribution is -2.13. The highest BCUT2D eigenvalue weighted by Gasteiger charge is 2.12. The number of rotatable bonds is 5. The predicted octanol–water partition coefficient (Wildman–Crippen LogP) is 2.51. The first-order chi connectivity index (χ1) is 7.56. The molecule has 0 aliphatic heterocycles. The summed E-state index contributed by atoms with van der Waals surface area (Å²) < 4.78 is 0. The molecule has 1 amide bonds. The van der Waals surface area contributed by atoms with E-state index in [2.05, 4.69) is 13.8 Å². The van der Waals surface area contributed by atoms with Crippen molar-refractivity contribution in [1.29, 1.82) is 0 Å². The highest BCUT2D eigenvalue weighted by molar-refractivity contribution is 7.99. The van der Waals surface area contributed by atoms with Crippen LogP contribution >= 0.6 is 11.8 Å². The number of hydrogen-bond donors (Lipinski definition) is 2. The van der Waals surface area contributed by atoms with Gasteiger partial charge in [0.25, 0.3) is 0 Å². The molecule has 0 saturated heterocycles. The first kappa shape index (κ1) is 12.9. The fraction of sp³-hybridized carbons (Fsp3) is 0.417. The molecule has 0 bridgehead atoms. The largest absolute Gasteiger partial charge is 0.398 e. The van der Waals surface area contributed by atoms with Crippen molar-refractivity contribution >= 4 is 23.4 Å². The molecule has 16 heavy (non-hydrogen) atoms. The Bertz CT molecular complexity index is 379. The molecule has 1 rings (SSSR count). The van der Waals surface area contributed by atoms with Crippen molar-refractivity contribution in [3.8, 4) is 0 Å². The zero-order valence-electron chi connectivity index (χ0n) is 9.69. The SMILES string of the molecule is CCC(C)CSc1c(N)cccc1C(N)=O. The molecule has 88 valence electrons. The number of thioether (sulfide) groups is 1. The van der Waals surface area contributed by atoms with Crippen molar-refractivity contribution in [3.05, 3.63) is 23.8 Å². The Morgan fingerprint density at radius 3 is 2.75 bits per heavy atom. The minimum absolute atomic E-state index is 0.418. The van der Waals surface area contributed by atoms with Gasteiger partial charge in [-0.3, -0.25) is 4.79 Å². The van der Waals surface area contributed by atoms with Crippen LogP contribution in [0.5, 0.6) is 0 Å². The van der Waals surface area contributed by atoms with Crippen LogP contribution in [0, 0.1) is 5.92 Å². The Morgan fingerprint density at radius 2 is 2.19 bits per heavy atom. The van der Waals surface area contributed by atoms with E-state index in [1.54, 1.807) is 30.0 Å². The van der Waals surface area contributed by atoms with Crippen LogP contribution in [0.2, 0.25) is 0 Å². The molecule has 1 aromatic rings. The van der Waals surface area contributed by atoms with Crippen LogP contribution < -0.4 is 11.5 Å². The molecule has 0 heterocycles. The lowest BCUT2D eigenvalue weighted by molar-refractivity contribution is 0.0997. The van der Waals surface area contributed by atoms with Gasteiger partial charge in [-0.1, -0.05) is 26.3 Å². The van der Waals surface area contributed by atoms with E-state index in [-0.39, 0.29) is 0 Å². The van der Waals surface area contributed by atoms with Crippen LogP contribution in [-0.2, 0) is 0 Å². The van der Waals surface area contributed by atoms with E-state index in [1.165, 1.54) is 0 Å². The number of nitrogen functional groups attached to an aromatic ring is 1. The van der Waals surface area contributed by atoms with Gasteiger partial charge < -0.3 is 11.5 Å². The second kappa shape index (κ2) is 5.80. The molecule has 4 N–H and O–H groups in total. The third-order valence-electron chi connectivity index (χ3n) is 2.52. The Morgan fingerprint density at radius 1 is 1.50 bits per heavy atom. The van der Waals surface area contributed by atoms with Crippen molar-refractivity contribution in [3.63, 3.8) is 0 Å². The van der Waals surface area contributed by atoms with E-state index in [0.717, 1.165) is 17.1 Å². The zero-order chi connectivity index (χ0) is 12.1. The van der Waals surface area contributed by atoms with E-state index >= 15 is 0 Å². The Hall–Kier alpha value is -1.16. The summed E-state index contributed by atoms with van der Waals surface area (Å²) in [6.07, 6.45) is 1.12. The maximum Gasteiger partial charge on any atom is 0.249 e. The maximum absolute atomic E-state index is 11.2. The summed E-state index contributed by atoms with van der Waals surface area (Å²) in [6.45, 7) is 4.32. The van der Waals surface area contributed by atoms with Gasteiger partial charge in [-0.25, -0.2) is 0 Å². The molecular formula is C12H18N2OS. The van der Waals surface area contributed by atoms with Gasteiger partial charge in [0.15, 0.2) is 0 Å².